The Kier molecular flexibility index (Phi) is 5.16. The van der Waals surface area contributed by atoms with Gasteiger partial charge < -0.3 is 9.73 Å². The smallest absolute Gasteiger partial charge is 0.277 e. The van der Waals surface area contributed by atoms with E-state index in [0.29, 0.717) is 17.7 Å². The predicted molar refractivity (Wildman–Crippen MR) is 83.0 cm³/mol. The van der Waals surface area contributed by atoms with Crippen molar-refractivity contribution in [3.63, 3.8) is 0 Å². The molecule has 1 heterocycles. The number of rotatable bonds is 6. The zero-order valence-electron chi connectivity index (χ0n) is 12.0. The second-order valence-electron chi connectivity index (χ2n) is 4.53. The lowest BCUT2D eigenvalue weighted by Crippen LogP contribution is -2.30. The van der Waals surface area contributed by atoms with Gasteiger partial charge in [0.15, 0.2) is 0 Å². The van der Waals surface area contributed by atoms with E-state index in [1.54, 1.807) is 13.0 Å². The second kappa shape index (κ2) is 7.08. The highest BCUT2D eigenvalue weighted by Crippen LogP contribution is 2.26. The Morgan fingerprint density at radius 3 is 2.81 bits per heavy atom. The summed E-state index contributed by atoms with van der Waals surface area (Å²) in [6, 6.07) is 7.82. The fourth-order valence-corrected chi connectivity index (χ4v) is 2.30. The standard InChI is InChI=1S/C15H17N3O2S/c1-4-9-16-13(19)11(3)21-15-18-17-14(20-15)12-7-5-10(2)6-8-12/h4-8,11H,1,9H2,2-3H3,(H,16,19). The molecule has 0 saturated heterocycles. The number of thioether (sulfide) groups is 1. The number of hydrogen-bond donors (Lipinski definition) is 1. The number of carbonyl (C=O) groups excluding carboxylic acids is 1. The first-order valence-electron chi connectivity index (χ1n) is 6.56. The maximum Gasteiger partial charge on any atom is 0.277 e. The molecule has 0 aliphatic heterocycles. The van der Waals surface area contributed by atoms with Crippen LogP contribution in [0.25, 0.3) is 11.5 Å². The van der Waals surface area contributed by atoms with Crippen LogP contribution in [0.15, 0.2) is 46.6 Å². The van der Waals surface area contributed by atoms with Crippen LogP contribution in [0.5, 0.6) is 0 Å². The number of benzene rings is 1. The average molecular weight is 303 g/mol. The average Bonchev–Trinajstić information content (AvgIpc) is 2.93. The molecule has 1 atom stereocenters. The molecule has 0 fully saturated rings. The largest absolute Gasteiger partial charge is 0.411 e. The maximum absolute atomic E-state index is 11.8. The molecule has 1 aromatic carbocycles. The van der Waals surface area contributed by atoms with Gasteiger partial charge in [-0.1, -0.05) is 35.5 Å². The number of aryl methyl sites for hydroxylation is 1. The first-order valence-corrected chi connectivity index (χ1v) is 7.44. The SMILES string of the molecule is C=CCNC(=O)C(C)Sc1nnc(-c2ccc(C)cc2)o1. The van der Waals surface area contributed by atoms with Crippen LogP contribution in [-0.4, -0.2) is 27.9 Å². The van der Waals surface area contributed by atoms with Crippen molar-refractivity contribution >= 4 is 17.7 Å². The van der Waals surface area contributed by atoms with E-state index in [4.69, 9.17) is 4.42 Å². The molecule has 0 aliphatic rings. The van der Waals surface area contributed by atoms with Gasteiger partial charge in [0.05, 0.1) is 5.25 Å². The number of hydrogen-bond acceptors (Lipinski definition) is 5. The molecule has 0 aliphatic carbocycles. The second-order valence-corrected chi connectivity index (χ2v) is 5.83. The first kappa shape index (κ1) is 15.3. The van der Waals surface area contributed by atoms with Crippen LogP contribution < -0.4 is 5.32 Å². The van der Waals surface area contributed by atoms with Crippen LogP contribution in [0.2, 0.25) is 0 Å². The summed E-state index contributed by atoms with van der Waals surface area (Å²) < 4.78 is 5.58. The molecule has 2 rings (SSSR count). The number of nitrogens with zero attached hydrogens (tertiary/aromatic N) is 2. The molecular weight excluding hydrogens is 286 g/mol. The van der Waals surface area contributed by atoms with Crippen molar-refractivity contribution in [2.75, 3.05) is 6.54 Å². The molecule has 1 amide bonds. The van der Waals surface area contributed by atoms with Crippen molar-refractivity contribution in [3.8, 4) is 11.5 Å². The van der Waals surface area contributed by atoms with Gasteiger partial charge in [-0.2, -0.15) is 0 Å². The Labute approximate surface area is 127 Å². The monoisotopic (exact) mass is 303 g/mol. The molecule has 5 nitrogen and oxygen atoms in total. The summed E-state index contributed by atoms with van der Waals surface area (Å²) in [7, 11) is 0. The number of amides is 1. The van der Waals surface area contributed by atoms with Crippen LogP contribution in [0.1, 0.15) is 12.5 Å². The quantitative estimate of drug-likeness (QED) is 0.656. The Hall–Kier alpha value is -2.08. The molecule has 1 aromatic heterocycles. The van der Waals surface area contributed by atoms with Crippen molar-refractivity contribution in [1.82, 2.24) is 15.5 Å². The minimum absolute atomic E-state index is 0.0880. The van der Waals surface area contributed by atoms with Gasteiger partial charge in [-0.3, -0.25) is 4.79 Å². The van der Waals surface area contributed by atoms with E-state index in [1.807, 2.05) is 31.2 Å². The van der Waals surface area contributed by atoms with E-state index in [0.717, 1.165) is 5.56 Å². The minimum Gasteiger partial charge on any atom is -0.411 e. The number of carbonyl (C=O) groups is 1. The predicted octanol–water partition coefficient (Wildman–Crippen LogP) is 2.83. The molecule has 0 radical (unpaired) electrons. The van der Waals surface area contributed by atoms with Crippen LogP contribution in [0.3, 0.4) is 0 Å². The summed E-state index contributed by atoms with van der Waals surface area (Å²) in [5.74, 6) is 0.367. The normalized spacial score (nSPS) is 11.9. The third-order valence-corrected chi connectivity index (χ3v) is 3.71. The highest BCUT2D eigenvalue weighted by molar-refractivity contribution is 8.00. The van der Waals surface area contributed by atoms with Crippen molar-refractivity contribution in [2.45, 2.75) is 24.3 Å². The lowest BCUT2D eigenvalue weighted by Gasteiger charge is -2.07. The molecule has 0 saturated carbocycles. The molecule has 6 heteroatoms. The Balaban J connectivity index is 2.01. The van der Waals surface area contributed by atoms with Gasteiger partial charge in [0.2, 0.25) is 11.8 Å². The van der Waals surface area contributed by atoms with Crippen molar-refractivity contribution in [2.24, 2.45) is 0 Å². The first-order chi connectivity index (χ1) is 10.1. The van der Waals surface area contributed by atoms with Crippen LogP contribution in [0.4, 0.5) is 0 Å². The summed E-state index contributed by atoms with van der Waals surface area (Å²) in [4.78, 5) is 11.8. The molecule has 2 aromatic rings. The fraction of sp³-hybridized carbons (Fsp3) is 0.267. The Morgan fingerprint density at radius 1 is 1.43 bits per heavy atom. The van der Waals surface area contributed by atoms with Gasteiger partial charge >= 0.3 is 0 Å². The third kappa shape index (κ3) is 4.19. The molecule has 110 valence electrons. The van der Waals surface area contributed by atoms with Gasteiger partial charge in [0.25, 0.3) is 5.22 Å². The van der Waals surface area contributed by atoms with Crippen molar-refractivity contribution in [3.05, 3.63) is 42.5 Å². The van der Waals surface area contributed by atoms with Gasteiger partial charge in [-0.25, -0.2) is 0 Å². The summed E-state index contributed by atoms with van der Waals surface area (Å²) in [5.41, 5.74) is 2.03. The van der Waals surface area contributed by atoms with Crippen molar-refractivity contribution in [1.29, 1.82) is 0 Å². The van der Waals surface area contributed by atoms with E-state index in [9.17, 15) is 4.79 Å². The molecule has 1 unspecified atom stereocenters. The van der Waals surface area contributed by atoms with Gasteiger partial charge in [-0.15, -0.1) is 16.8 Å². The highest BCUT2D eigenvalue weighted by atomic mass is 32.2. The molecule has 1 N–H and O–H groups in total. The minimum atomic E-state index is -0.309. The van der Waals surface area contributed by atoms with E-state index >= 15 is 0 Å². The van der Waals surface area contributed by atoms with E-state index < -0.39 is 0 Å². The number of aromatic nitrogens is 2. The van der Waals surface area contributed by atoms with E-state index in [-0.39, 0.29) is 11.2 Å². The molecule has 0 spiro atoms. The fourth-order valence-electron chi connectivity index (χ4n) is 1.59. The molecule has 21 heavy (non-hydrogen) atoms. The van der Waals surface area contributed by atoms with Crippen LogP contribution in [-0.2, 0) is 4.79 Å². The summed E-state index contributed by atoms with van der Waals surface area (Å²) in [6.07, 6.45) is 1.64. The molecule has 0 bridgehead atoms. The Morgan fingerprint density at radius 2 is 2.14 bits per heavy atom. The topological polar surface area (TPSA) is 68.0 Å². The van der Waals surface area contributed by atoms with Crippen LogP contribution >= 0.6 is 11.8 Å². The Bertz CT molecular complexity index is 622. The van der Waals surface area contributed by atoms with Gasteiger partial charge in [0, 0.05) is 12.1 Å². The van der Waals surface area contributed by atoms with E-state index in [1.165, 1.54) is 17.3 Å². The number of nitrogens with one attached hydrogen (secondary N) is 1. The summed E-state index contributed by atoms with van der Waals surface area (Å²) >= 11 is 1.23. The van der Waals surface area contributed by atoms with Gasteiger partial charge in [0.1, 0.15) is 0 Å². The van der Waals surface area contributed by atoms with E-state index in [2.05, 4.69) is 22.1 Å². The zero-order valence-corrected chi connectivity index (χ0v) is 12.8. The zero-order chi connectivity index (χ0) is 15.2. The maximum atomic E-state index is 11.8. The summed E-state index contributed by atoms with van der Waals surface area (Å²) in [5, 5.41) is 10.8. The summed E-state index contributed by atoms with van der Waals surface area (Å²) in [6.45, 7) is 7.81. The molecular formula is C15H17N3O2S. The highest BCUT2D eigenvalue weighted by Gasteiger charge is 2.18. The lowest BCUT2D eigenvalue weighted by molar-refractivity contribution is -0.120. The third-order valence-electron chi connectivity index (χ3n) is 2.77. The lowest BCUT2D eigenvalue weighted by atomic mass is 10.1. The van der Waals surface area contributed by atoms with Crippen LogP contribution in [0, 0.1) is 6.92 Å². The van der Waals surface area contributed by atoms with Crippen molar-refractivity contribution < 1.29 is 9.21 Å². The van der Waals surface area contributed by atoms with Gasteiger partial charge in [-0.05, 0) is 26.0 Å².